The van der Waals surface area contributed by atoms with Gasteiger partial charge >= 0.3 is 0 Å². The minimum atomic E-state index is -0.364. The van der Waals surface area contributed by atoms with E-state index in [4.69, 9.17) is 0 Å². The normalized spacial score (nSPS) is 19.6. The van der Waals surface area contributed by atoms with Gasteiger partial charge in [0.15, 0.2) is 5.17 Å². The maximum Gasteiger partial charge on any atom is 0.286 e. The van der Waals surface area contributed by atoms with Gasteiger partial charge in [-0.3, -0.25) is 14.9 Å². The van der Waals surface area contributed by atoms with E-state index < -0.39 is 0 Å². The molecule has 1 aromatic carbocycles. The van der Waals surface area contributed by atoms with Crippen molar-refractivity contribution in [2.24, 2.45) is 4.99 Å². The summed E-state index contributed by atoms with van der Waals surface area (Å²) in [5.74, 6) is -0.195. The van der Waals surface area contributed by atoms with Crippen molar-refractivity contribution in [1.82, 2.24) is 4.90 Å². The second-order valence-corrected chi connectivity index (χ2v) is 7.60. The number of carbonyl (C=O) groups excluding carboxylic acids is 1. The Balaban J connectivity index is 1.83. The SMILES string of the molecule is CC(C)c1ccc(/C=C2\SC(N3CCCCC3)=NC2=O)cc1[N+](=O)[O-]. The Kier molecular flexibility index (Phi) is 5.22. The maximum absolute atomic E-state index is 12.2. The lowest BCUT2D eigenvalue weighted by Crippen LogP contribution is -2.33. The molecule has 0 unspecified atom stereocenters. The number of amidine groups is 1. The highest BCUT2D eigenvalue weighted by molar-refractivity contribution is 8.18. The van der Waals surface area contributed by atoms with E-state index in [2.05, 4.69) is 9.89 Å². The molecule has 2 heterocycles. The molecule has 6 nitrogen and oxygen atoms in total. The molecule has 1 fully saturated rings. The standard InChI is InChI=1S/C18H21N3O3S/c1-12(2)14-7-6-13(10-15(14)21(23)24)11-16-17(22)19-18(25-16)20-8-4-3-5-9-20/h6-7,10-12H,3-5,8-9H2,1-2H3/b16-11-. The molecule has 0 N–H and O–H groups in total. The van der Waals surface area contributed by atoms with Crippen molar-refractivity contribution in [2.75, 3.05) is 13.1 Å². The summed E-state index contributed by atoms with van der Waals surface area (Å²) in [5.41, 5.74) is 1.45. The molecule has 132 valence electrons. The molecule has 25 heavy (non-hydrogen) atoms. The van der Waals surface area contributed by atoms with Gasteiger partial charge in [0, 0.05) is 24.7 Å². The van der Waals surface area contributed by atoms with Crippen LogP contribution in [0.1, 0.15) is 50.2 Å². The number of likely N-dealkylation sites (tertiary alicyclic amines) is 1. The zero-order valence-corrected chi connectivity index (χ0v) is 15.2. The number of rotatable bonds is 3. The third-order valence-corrected chi connectivity index (χ3v) is 5.45. The first kappa shape index (κ1) is 17.7. The molecule has 0 atom stereocenters. The summed E-state index contributed by atoms with van der Waals surface area (Å²) >= 11 is 1.36. The van der Waals surface area contributed by atoms with E-state index in [0.717, 1.165) is 31.1 Å². The lowest BCUT2D eigenvalue weighted by atomic mass is 9.99. The van der Waals surface area contributed by atoms with Crippen LogP contribution in [0.15, 0.2) is 28.1 Å². The fourth-order valence-corrected chi connectivity index (χ4v) is 4.03. The number of hydrogen-bond donors (Lipinski definition) is 0. The van der Waals surface area contributed by atoms with Gasteiger partial charge in [-0.25, -0.2) is 0 Å². The largest absolute Gasteiger partial charge is 0.351 e. The van der Waals surface area contributed by atoms with Crippen LogP contribution < -0.4 is 0 Å². The Morgan fingerprint density at radius 1 is 1.28 bits per heavy atom. The smallest absolute Gasteiger partial charge is 0.286 e. The molecule has 2 aliphatic rings. The quantitative estimate of drug-likeness (QED) is 0.460. The molecule has 0 aromatic heterocycles. The van der Waals surface area contributed by atoms with Crippen molar-refractivity contribution < 1.29 is 9.72 Å². The van der Waals surface area contributed by atoms with Gasteiger partial charge in [0.2, 0.25) is 0 Å². The van der Waals surface area contributed by atoms with Crippen LogP contribution in [0.3, 0.4) is 0 Å². The minimum absolute atomic E-state index is 0.0682. The summed E-state index contributed by atoms with van der Waals surface area (Å²) < 4.78 is 0. The molecule has 1 saturated heterocycles. The summed E-state index contributed by atoms with van der Waals surface area (Å²) in [6.45, 7) is 5.72. The van der Waals surface area contributed by atoms with E-state index in [1.54, 1.807) is 12.1 Å². The molecule has 0 bridgehead atoms. The van der Waals surface area contributed by atoms with Gasteiger partial charge in [-0.05, 0) is 48.6 Å². The van der Waals surface area contributed by atoms with Crippen LogP contribution in [0.2, 0.25) is 0 Å². The zero-order valence-electron chi connectivity index (χ0n) is 14.4. The highest BCUT2D eigenvalue weighted by Crippen LogP contribution is 2.33. The summed E-state index contributed by atoms with van der Waals surface area (Å²) in [7, 11) is 0. The minimum Gasteiger partial charge on any atom is -0.351 e. The van der Waals surface area contributed by atoms with Crippen molar-refractivity contribution in [3.05, 3.63) is 44.3 Å². The van der Waals surface area contributed by atoms with Crippen LogP contribution in [0.4, 0.5) is 5.69 Å². The molecule has 2 aliphatic heterocycles. The lowest BCUT2D eigenvalue weighted by Gasteiger charge is -2.27. The first-order valence-corrected chi connectivity index (χ1v) is 9.33. The second-order valence-electron chi connectivity index (χ2n) is 6.59. The first-order chi connectivity index (χ1) is 12.0. The van der Waals surface area contributed by atoms with Crippen molar-refractivity contribution in [1.29, 1.82) is 0 Å². The van der Waals surface area contributed by atoms with E-state index in [-0.39, 0.29) is 22.4 Å². The lowest BCUT2D eigenvalue weighted by molar-refractivity contribution is -0.385. The molecule has 7 heteroatoms. The van der Waals surface area contributed by atoms with Gasteiger partial charge in [-0.1, -0.05) is 26.0 Å². The third-order valence-electron chi connectivity index (χ3n) is 4.41. The number of aliphatic imine (C=N–C) groups is 1. The average Bonchev–Trinajstić information content (AvgIpc) is 2.96. The number of amides is 1. The van der Waals surface area contributed by atoms with Crippen molar-refractivity contribution in [3.63, 3.8) is 0 Å². The number of nitro groups is 1. The van der Waals surface area contributed by atoms with Gasteiger partial charge in [-0.15, -0.1) is 0 Å². The Labute approximate surface area is 151 Å². The number of benzene rings is 1. The average molecular weight is 359 g/mol. The van der Waals surface area contributed by atoms with E-state index in [1.807, 2.05) is 19.9 Å². The van der Waals surface area contributed by atoms with Gasteiger partial charge in [0.05, 0.1) is 9.83 Å². The molecular formula is C18H21N3O3S. The monoisotopic (exact) mass is 359 g/mol. The second kappa shape index (κ2) is 7.39. The number of nitrogens with zero attached hydrogens (tertiary/aromatic N) is 3. The van der Waals surface area contributed by atoms with Crippen molar-refractivity contribution in [3.8, 4) is 0 Å². The van der Waals surface area contributed by atoms with E-state index in [1.165, 1.54) is 24.2 Å². The predicted molar refractivity (Wildman–Crippen MR) is 101 cm³/mol. The number of thioether (sulfide) groups is 1. The molecule has 1 aromatic rings. The van der Waals surface area contributed by atoms with Crippen molar-refractivity contribution in [2.45, 2.75) is 39.0 Å². The summed E-state index contributed by atoms with van der Waals surface area (Å²) in [4.78, 5) is 30.0. The van der Waals surface area contributed by atoms with E-state index in [0.29, 0.717) is 16.0 Å². The van der Waals surface area contributed by atoms with Gasteiger partial charge < -0.3 is 4.90 Å². The Morgan fingerprint density at radius 2 is 2.00 bits per heavy atom. The van der Waals surface area contributed by atoms with Crippen LogP contribution in [-0.2, 0) is 4.79 Å². The fourth-order valence-electron chi connectivity index (χ4n) is 3.07. The summed E-state index contributed by atoms with van der Waals surface area (Å²) in [6, 6.07) is 5.13. The first-order valence-electron chi connectivity index (χ1n) is 8.51. The Morgan fingerprint density at radius 3 is 2.64 bits per heavy atom. The molecule has 0 saturated carbocycles. The number of piperidine rings is 1. The van der Waals surface area contributed by atoms with Crippen LogP contribution in [0, 0.1) is 10.1 Å². The van der Waals surface area contributed by atoms with E-state index >= 15 is 0 Å². The molecular weight excluding hydrogens is 338 g/mol. The highest BCUT2D eigenvalue weighted by Gasteiger charge is 2.27. The number of carbonyl (C=O) groups is 1. The number of hydrogen-bond acceptors (Lipinski definition) is 5. The third kappa shape index (κ3) is 3.92. The summed E-state index contributed by atoms with van der Waals surface area (Å²) in [5, 5.41) is 12.1. The maximum atomic E-state index is 12.2. The van der Waals surface area contributed by atoms with Gasteiger partial charge in [0.25, 0.3) is 11.6 Å². The predicted octanol–water partition coefficient (Wildman–Crippen LogP) is 4.17. The van der Waals surface area contributed by atoms with E-state index in [9.17, 15) is 14.9 Å². The molecule has 0 aliphatic carbocycles. The van der Waals surface area contributed by atoms with Crippen molar-refractivity contribution >= 4 is 34.6 Å². The van der Waals surface area contributed by atoms with Crippen LogP contribution in [-0.4, -0.2) is 34.0 Å². The topological polar surface area (TPSA) is 75.8 Å². The molecule has 0 spiro atoms. The van der Waals surface area contributed by atoms with Gasteiger partial charge in [0.1, 0.15) is 0 Å². The van der Waals surface area contributed by atoms with Crippen LogP contribution >= 0.6 is 11.8 Å². The fraction of sp³-hybridized carbons (Fsp3) is 0.444. The Hall–Kier alpha value is -2.15. The Bertz CT molecular complexity index is 765. The zero-order chi connectivity index (χ0) is 18.0. The van der Waals surface area contributed by atoms with Gasteiger partial charge in [-0.2, -0.15) is 4.99 Å². The molecule has 3 rings (SSSR count). The summed E-state index contributed by atoms with van der Waals surface area (Å²) in [6.07, 6.45) is 5.16. The molecule has 0 radical (unpaired) electrons. The molecule has 1 amide bonds. The van der Waals surface area contributed by atoms with Crippen LogP contribution in [0.5, 0.6) is 0 Å². The van der Waals surface area contributed by atoms with Crippen LogP contribution in [0.25, 0.3) is 6.08 Å². The number of nitro benzene ring substituents is 1. The highest BCUT2D eigenvalue weighted by atomic mass is 32.2.